The van der Waals surface area contributed by atoms with Gasteiger partial charge in [-0.05, 0) is 54.6 Å². The molecule has 0 atom stereocenters. The molecular formula is C18H14ClN3O3S. The number of rotatable bonds is 5. The van der Waals surface area contributed by atoms with Crippen LogP contribution in [0.2, 0.25) is 5.02 Å². The molecule has 26 heavy (non-hydrogen) atoms. The number of nitrogens with zero attached hydrogens (tertiary/aromatic N) is 1. The van der Waals surface area contributed by atoms with Gasteiger partial charge in [0.2, 0.25) is 0 Å². The Morgan fingerprint density at radius 1 is 0.923 bits per heavy atom. The van der Waals surface area contributed by atoms with E-state index in [4.69, 9.17) is 11.6 Å². The normalized spacial score (nSPS) is 11.0. The van der Waals surface area contributed by atoms with Crippen LogP contribution >= 0.6 is 11.6 Å². The number of carbonyl (C=O) groups excluding carboxylic acids is 1. The summed E-state index contributed by atoms with van der Waals surface area (Å²) < 4.78 is 27.2. The molecule has 2 aromatic carbocycles. The van der Waals surface area contributed by atoms with Gasteiger partial charge in [-0.1, -0.05) is 17.7 Å². The second-order valence-electron chi connectivity index (χ2n) is 5.33. The van der Waals surface area contributed by atoms with Crippen LogP contribution in [0.25, 0.3) is 0 Å². The van der Waals surface area contributed by atoms with Crippen molar-refractivity contribution in [2.24, 2.45) is 0 Å². The number of hydrogen-bond donors (Lipinski definition) is 2. The lowest BCUT2D eigenvalue weighted by Crippen LogP contribution is -2.14. The first-order valence-electron chi connectivity index (χ1n) is 7.54. The molecule has 3 aromatic rings. The van der Waals surface area contributed by atoms with E-state index in [2.05, 4.69) is 15.0 Å². The maximum Gasteiger partial charge on any atom is 0.261 e. The molecule has 1 amide bonds. The third-order valence-electron chi connectivity index (χ3n) is 3.44. The number of amides is 1. The molecule has 0 saturated carbocycles. The zero-order valence-electron chi connectivity index (χ0n) is 13.4. The van der Waals surface area contributed by atoms with E-state index in [-0.39, 0.29) is 10.8 Å². The molecule has 0 aliphatic rings. The van der Waals surface area contributed by atoms with Gasteiger partial charge in [-0.3, -0.25) is 14.5 Å². The van der Waals surface area contributed by atoms with Gasteiger partial charge in [-0.15, -0.1) is 0 Å². The van der Waals surface area contributed by atoms with Crippen LogP contribution in [-0.2, 0) is 10.0 Å². The Labute approximate surface area is 155 Å². The number of benzene rings is 2. The van der Waals surface area contributed by atoms with Crippen LogP contribution in [0.5, 0.6) is 0 Å². The number of sulfonamides is 1. The van der Waals surface area contributed by atoms with Gasteiger partial charge in [0, 0.05) is 28.7 Å². The average molecular weight is 388 g/mol. The lowest BCUT2D eigenvalue weighted by atomic mass is 10.2. The molecule has 8 heteroatoms. The van der Waals surface area contributed by atoms with Gasteiger partial charge in [0.25, 0.3) is 15.9 Å². The van der Waals surface area contributed by atoms with Crippen molar-refractivity contribution in [2.75, 3.05) is 10.0 Å². The fourth-order valence-corrected chi connectivity index (χ4v) is 3.44. The second-order valence-corrected chi connectivity index (χ2v) is 7.45. The van der Waals surface area contributed by atoms with Gasteiger partial charge in [-0.2, -0.15) is 0 Å². The minimum absolute atomic E-state index is 0.0496. The number of halogens is 1. The minimum atomic E-state index is -3.75. The van der Waals surface area contributed by atoms with Crippen LogP contribution in [0.4, 0.5) is 11.4 Å². The van der Waals surface area contributed by atoms with Gasteiger partial charge in [0.05, 0.1) is 10.6 Å². The molecule has 3 rings (SSSR count). The molecule has 1 aromatic heterocycles. The predicted molar refractivity (Wildman–Crippen MR) is 101 cm³/mol. The summed E-state index contributed by atoms with van der Waals surface area (Å²) in [5, 5.41) is 3.21. The zero-order chi connectivity index (χ0) is 18.6. The number of hydrogen-bond acceptors (Lipinski definition) is 4. The highest BCUT2D eigenvalue weighted by Crippen LogP contribution is 2.18. The number of anilines is 2. The van der Waals surface area contributed by atoms with Crippen molar-refractivity contribution in [2.45, 2.75) is 4.90 Å². The molecule has 0 aliphatic heterocycles. The maximum absolute atomic E-state index is 12.4. The smallest absolute Gasteiger partial charge is 0.261 e. The molecule has 2 N–H and O–H groups in total. The van der Waals surface area contributed by atoms with Crippen LogP contribution in [0.1, 0.15) is 10.4 Å². The van der Waals surface area contributed by atoms with Gasteiger partial charge >= 0.3 is 0 Å². The Hall–Kier alpha value is -2.90. The fraction of sp³-hybridized carbons (Fsp3) is 0. The van der Waals surface area contributed by atoms with E-state index in [1.54, 1.807) is 36.4 Å². The van der Waals surface area contributed by atoms with Crippen molar-refractivity contribution in [3.63, 3.8) is 0 Å². The monoisotopic (exact) mass is 387 g/mol. The summed E-state index contributed by atoms with van der Waals surface area (Å²) in [6.07, 6.45) is 2.97. The Morgan fingerprint density at radius 3 is 2.27 bits per heavy atom. The first-order valence-corrected chi connectivity index (χ1v) is 9.40. The van der Waals surface area contributed by atoms with E-state index in [9.17, 15) is 13.2 Å². The van der Waals surface area contributed by atoms with E-state index in [0.717, 1.165) is 0 Å². The lowest BCUT2D eigenvalue weighted by Gasteiger charge is -2.09. The average Bonchev–Trinajstić information content (AvgIpc) is 2.62. The molecule has 0 spiro atoms. The molecule has 0 aliphatic carbocycles. The summed E-state index contributed by atoms with van der Waals surface area (Å²) in [4.78, 5) is 16.1. The van der Waals surface area contributed by atoms with Crippen LogP contribution in [0.3, 0.4) is 0 Å². The molecule has 0 saturated heterocycles. The minimum Gasteiger partial charge on any atom is -0.322 e. The third-order valence-corrected chi connectivity index (χ3v) is 5.07. The third kappa shape index (κ3) is 4.38. The van der Waals surface area contributed by atoms with Crippen molar-refractivity contribution in [3.05, 3.63) is 83.6 Å². The first kappa shape index (κ1) is 17.9. The molecular weight excluding hydrogens is 374 g/mol. The Morgan fingerprint density at radius 2 is 1.62 bits per heavy atom. The van der Waals surface area contributed by atoms with Crippen molar-refractivity contribution < 1.29 is 13.2 Å². The van der Waals surface area contributed by atoms with Gasteiger partial charge in [0.1, 0.15) is 0 Å². The molecule has 0 fully saturated rings. The van der Waals surface area contributed by atoms with Crippen molar-refractivity contribution in [1.29, 1.82) is 0 Å². The summed E-state index contributed by atoms with van der Waals surface area (Å²) in [6, 6.07) is 15.5. The van der Waals surface area contributed by atoms with Crippen LogP contribution in [-0.4, -0.2) is 19.3 Å². The Kier molecular flexibility index (Phi) is 5.20. The lowest BCUT2D eigenvalue weighted by molar-refractivity contribution is 0.102. The molecule has 1 heterocycles. The first-order chi connectivity index (χ1) is 12.4. The van der Waals surface area contributed by atoms with Crippen molar-refractivity contribution in [1.82, 2.24) is 4.98 Å². The van der Waals surface area contributed by atoms with Crippen LogP contribution < -0.4 is 10.0 Å². The molecule has 6 nitrogen and oxygen atoms in total. The van der Waals surface area contributed by atoms with Crippen LogP contribution in [0, 0.1) is 0 Å². The fourth-order valence-electron chi connectivity index (χ4n) is 2.19. The largest absolute Gasteiger partial charge is 0.322 e. The van der Waals surface area contributed by atoms with Crippen molar-refractivity contribution in [3.8, 4) is 0 Å². The maximum atomic E-state index is 12.4. The zero-order valence-corrected chi connectivity index (χ0v) is 15.0. The molecule has 0 bridgehead atoms. The van der Waals surface area contributed by atoms with E-state index >= 15 is 0 Å². The van der Waals surface area contributed by atoms with E-state index in [1.807, 2.05) is 0 Å². The Bertz CT molecular complexity index is 1020. The molecule has 0 radical (unpaired) electrons. The summed E-state index contributed by atoms with van der Waals surface area (Å²) >= 11 is 5.88. The summed E-state index contributed by atoms with van der Waals surface area (Å²) in [7, 11) is -3.75. The molecule has 0 unspecified atom stereocenters. The standard InChI is InChI=1S/C18H14ClN3O3S/c19-14-2-1-3-16(12-14)21-18(23)13-4-6-17(7-5-13)26(24,25)22-15-8-10-20-11-9-15/h1-12H,(H,20,22)(H,21,23). The SMILES string of the molecule is O=C(Nc1cccc(Cl)c1)c1ccc(S(=O)(=O)Nc2ccncc2)cc1. The summed E-state index contributed by atoms with van der Waals surface area (Å²) in [5.41, 5.74) is 1.29. The number of pyridine rings is 1. The second kappa shape index (κ2) is 7.55. The highest BCUT2D eigenvalue weighted by atomic mass is 35.5. The van der Waals surface area contributed by atoms with Gasteiger partial charge in [-0.25, -0.2) is 8.42 Å². The summed E-state index contributed by atoms with van der Waals surface area (Å²) in [5.74, 6) is -0.363. The molecule has 132 valence electrons. The van der Waals surface area contributed by atoms with E-state index in [1.165, 1.54) is 36.7 Å². The predicted octanol–water partition coefficient (Wildman–Crippen LogP) is 3.79. The number of aromatic nitrogens is 1. The highest BCUT2D eigenvalue weighted by Gasteiger charge is 2.15. The van der Waals surface area contributed by atoms with Gasteiger partial charge < -0.3 is 5.32 Å². The van der Waals surface area contributed by atoms with E-state index in [0.29, 0.717) is 22.0 Å². The summed E-state index contributed by atoms with van der Waals surface area (Å²) in [6.45, 7) is 0. The van der Waals surface area contributed by atoms with Crippen LogP contribution in [0.15, 0.2) is 78.0 Å². The van der Waals surface area contributed by atoms with E-state index < -0.39 is 10.0 Å². The topological polar surface area (TPSA) is 88.2 Å². The van der Waals surface area contributed by atoms with Crippen molar-refractivity contribution >= 4 is 38.9 Å². The number of carbonyl (C=O) groups is 1. The van der Waals surface area contributed by atoms with Gasteiger partial charge in [0.15, 0.2) is 0 Å². The highest BCUT2D eigenvalue weighted by molar-refractivity contribution is 7.92. The Balaban J connectivity index is 1.74. The number of nitrogens with one attached hydrogen (secondary N) is 2. The quantitative estimate of drug-likeness (QED) is 0.697.